The number of para-hydroxylation sites is 1. The summed E-state index contributed by atoms with van der Waals surface area (Å²) in [5.41, 5.74) is 1.47. The van der Waals surface area contributed by atoms with Gasteiger partial charge in [-0.2, -0.15) is 0 Å². The van der Waals surface area contributed by atoms with E-state index in [1.807, 2.05) is 7.05 Å². The Kier molecular flexibility index (Phi) is 5.78. The molecule has 3 aromatic rings. The van der Waals surface area contributed by atoms with Gasteiger partial charge in [0.2, 0.25) is 11.8 Å². The summed E-state index contributed by atoms with van der Waals surface area (Å²) in [7, 11) is 1.81. The number of pyridine rings is 1. The van der Waals surface area contributed by atoms with Gasteiger partial charge in [0.25, 0.3) is 11.5 Å². The first-order valence-corrected chi connectivity index (χ1v) is 10.2. The van der Waals surface area contributed by atoms with Crippen molar-refractivity contribution in [1.82, 2.24) is 25.2 Å². The molecule has 10 nitrogen and oxygen atoms in total. The highest BCUT2D eigenvalue weighted by atomic mass is 16.2. The van der Waals surface area contributed by atoms with Crippen molar-refractivity contribution in [3.63, 3.8) is 0 Å². The Morgan fingerprint density at radius 3 is 2.72 bits per heavy atom. The maximum atomic E-state index is 13.2. The van der Waals surface area contributed by atoms with Crippen LogP contribution in [0.2, 0.25) is 0 Å². The quantitative estimate of drug-likeness (QED) is 0.511. The minimum Gasteiger partial charge on any atom is -0.320 e. The van der Waals surface area contributed by atoms with Crippen LogP contribution in [0.3, 0.4) is 0 Å². The smallest absolute Gasteiger partial charge is 0.262 e. The van der Waals surface area contributed by atoms with Gasteiger partial charge in [-0.25, -0.2) is 4.98 Å². The Hall–Kier alpha value is -3.92. The van der Waals surface area contributed by atoms with Crippen LogP contribution in [0.1, 0.15) is 40.8 Å². The summed E-state index contributed by atoms with van der Waals surface area (Å²) in [5.74, 6) is -0.943. The Morgan fingerprint density at radius 1 is 1.22 bits per heavy atom. The van der Waals surface area contributed by atoms with Crippen molar-refractivity contribution in [1.29, 1.82) is 0 Å². The molecule has 1 unspecified atom stereocenters. The van der Waals surface area contributed by atoms with E-state index in [4.69, 9.17) is 0 Å². The van der Waals surface area contributed by atoms with Crippen LogP contribution in [-0.2, 0) is 16.1 Å². The van der Waals surface area contributed by atoms with E-state index in [0.29, 0.717) is 29.1 Å². The van der Waals surface area contributed by atoms with Gasteiger partial charge in [0, 0.05) is 19.2 Å². The van der Waals surface area contributed by atoms with Gasteiger partial charge < -0.3 is 10.6 Å². The number of hydrogen-bond acceptors (Lipinski definition) is 7. The van der Waals surface area contributed by atoms with Crippen LogP contribution in [0.5, 0.6) is 0 Å². The van der Waals surface area contributed by atoms with Crippen LogP contribution < -0.4 is 21.5 Å². The molecule has 0 aliphatic carbocycles. The number of aryl methyl sites for hydroxylation is 1. The van der Waals surface area contributed by atoms with Gasteiger partial charge in [-0.05, 0) is 44.7 Å². The van der Waals surface area contributed by atoms with Gasteiger partial charge in [0.05, 0.1) is 22.3 Å². The van der Waals surface area contributed by atoms with E-state index in [1.165, 1.54) is 10.8 Å². The summed E-state index contributed by atoms with van der Waals surface area (Å²) in [4.78, 5) is 58.4. The predicted octanol–water partition coefficient (Wildman–Crippen LogP) is 1.05. The Labute approximate surface area is 183 Å². The van der Waals surface area contributed by atoms with E-state index in [0.717, 1.165) is 5.69 Å². The highest BCUT2D eigenvalue weighted by Crippen LogP contribution is 2.23. The molecular weight excluding hydrogens is 412 g/mol. The first-order chi connectivity index (χ1) is 15.4. The Bertz CT molecular complexity index is 1280. The molecule has 1 aliphatic rings. The van der Waals surface area contributed by atoms with Crippen molar-refractivity contribution < 1.29 is 14.4 Å². The predicted molar refractivity (Wildman–Crippen MR) is 117 cm³/mol. The topological polar surface area (TPSA) is 135 Å². The van der Waals surface area contributed by atoms with Crippen molar-refractivity contribution >= 4 is 34.3 Å². The number of benzene rings is 1. The monoisotopic (exact) mass is 434 g/mol. The number of nitrogens with zero attached hydrogens (tertiary/aromatic N) is 3. The molecule has 164 valence electrons. The average Bonchev–Trinajstić information content (AvgIpc) is 2.76. The van der Waals surface area contributed by atoms with E-state index in [1.54, 1.807) is 37.3 Å². The molecule has 2 aromatic heterocycles. The summed E-state index contributed by atoms with van der Waals surface area (Å²) in [6.45, 7) is 2.21. The normalized spacial score (nSPS) is 16.1. The van der Waals surface area contributed by atoms with Gasteiger partial charge in [-0.1, -0.05) is 6.07 Å². The molecule has 1 atom stereocenters. The largest absolute Gasteiger partial charge is 0.320 e. The van der Waals surface area contributed by atoms with Crippen LogP contribution in [0.4, 0.5) is 5.69 Å². The summed E-state index contributed by atoms with van der Waals surface area (Å²) >= 11 is 0. The number of carbonyl (C=O) groups is 3. The van der Waals surface area contributed by atoms with Crippen molar-refractivity contribution in [2.45, 2.75) is 32.4 Å². The molecular formula is C22H22N6O4. The van der Waals surface area contributed by atoms with Crippen molar-refractivity contribution in [2.75, 3.05) is 12.4 Å². The number of rotatable bonds is 5. The van der Waals surface area contributed by atoms with Gasteiger partial charge in [0.1, 0.15) is 17.4 Å². The van der Waals surface area contributed by atoms with E-state index in [9.17, 15) is 19.2 Å². The zero-order valence-corrected chi connectivity index (χ0v) is 17.6. The lowest BCUT2D eigenvalue weighted by molar-refractivity contribution is -0.135. The third-order valence-corrected chi connectivity index (χ3v) is 5.32. The number of piperidine rings is 1. The molecule has 3 N–H and O–H groups in total. The van der Waals surface area contributed by atoms with Crippen LogP contribution in [-0.4, -0.2) is 39.3 Å². The molecule has 0 bridgehead atoms. The number of aromatic nitrogens is 3. The SMILES string of the molecule is CNCc1ccc(C(=O)Nc2cccc3c(=O)n(C4CCC(=O)NC4=O)c(C)nc23)cn1. The molecule has 1 saturated heterocycles. The van der Waals surface area contributed by atoms with Gasteiger partial charge in [0.15, 0.2) is 0 Å². The second-order valence-electron chi connectivity index (χ2n) is 7.53. The molecule has 1 fully saturated rings. The molecule has 1 aliphatic heterocycles. The summed E-state index contributed by atoms with van der Waals surface area (Å²) in [6.07, 6.45) is 1.87. The molecule has 3 amide bonds. The number of amides is 3. The number of anilines is 1. The second-order valence-corrected chi connectivity index (χ2v) is 7.53. The zero-order valence-electron chi connectivity index (χ0n) is 17.6. The first-order valence-electron chi connectivity index (χ1n) is 10.2. The maximum absolute atomic E-state index is 13.2. The van der Waals surface area contributed by atoms with Gasteiger partial charge in [-0.15, -0.1) is 0 Å². The highest BCUT2D eigenvalue weighted by Gasteiger charge is 2.30. The molecule has 0 saturated carbocycles. The average molecular weight is 434 g/mol. The number of imide groups is 1. The molecule has 1 aromatic carbocycles. The molecule has 4 rings (SSSR count). The van der Waals surface area contributed by atoms with E-state index < -0.39 is 17.5 Å². The molecule has 0 radical (unpaired) electrons. The first kappa shape index (κ1) is 21.3. The zero-order chi connectivity index (χ0) is 22.8. The van der Waals surface area contributed by atoms with Crippen LogP contribution in [0.15, 0.2) is 41.3 Å². The van der Waals surface area contributed by atoms with Crippen molar-refractivity contribution in [3.05, 3.63) is 64.0 Å². The van der Waals surface area contributed by atoms with Gasteiger partial charge >= 0.3 is 0 Å². The summed E-state index contributed by atoms with van der Waals surface area (Å²) in [5, 5.41) is 8.31. The van der Waals surface area contributed by atoms with Crippen molar-refractivity contribution in [3.8, 4) is 0 Å². The summed E-state index contributed by atoms with van der Waals surface area (Å²) in [6, 6.07) is 7.52. The minimum atomic E-state index is -0.808. The summed E-state index contributed by atoms with van der Waals surface area (Å²) < 4.78 is 1.31. The molecule has 32 heavy (non-hydrogen) atoms. The minimum absolute atomic E-state index is 0.150. The van der Waals surface area contributed by atoms with E-state index in [-0.39, 0.29) is 30.0 Å². The lowest BCUT2D eigenvalue weighted by Crippen LogP contribution is -2.45. The van der Waals surface area contributed by atoms with Crippen LogP contribution >= 0.6 is 0 Å². The number of hydrogen-bond donors (Lipinski definition) is 3. The van der Waals surface area contributed by atoms with Gasteiger partial charge in [-0.3, -0.25) is 34.0 Å². The second kappa shape index (κ2) is 8.67. The standard InChI is InChI=1S/C22H22N6O4/c1-12-25-19-15(22(32)28(12)17-8-9-18(29)27-21(17)31)4-3-5-16(19)26-20(30)13-6-7-14(11-23-2)24-10-13/h3-7,10,17,23H,8-9,11H2,1-2H3,(H,26,30)(H,27,29,31). The number of fused-ring (bicyclic) bond motifs is 1. The molecule has 0 spiro atoms. The van der Waals surface area contributed by atoms with E-state index in [2.05, 4.69) is 25.9 Å². The Morgan fingerprint density at radius 2 is 2.03 bits per heavy atom. The third-order valence-electron chi connectivity index (χ3n) is 5.32. The lowest BCUT2D eigenvalue weighted by Gasteiger charge is -2.24. The van der Waals surface area contributed by atoms with E-state index >= 15 is 0 Å². The fourth-order valence-corrected chi connectivity index (χ4v) is 3.76. The highest BCUT2D eigenvalue weighted by molar-refractivity contribution is 6.08. The lowest BCUT2D eigenvalue weighted by atomic mass is 10.1. The van der Waals surface area contributed by atoms with Crippen molar-refractivity contribution in [2.24, 2.45) is 0 Å². The van der Waals surface area contributed by atoms with Crippen LogP contribution in [0, 0.1) is 6.92 Å². The number of nitrogens with one attached hydrogen (secondary N) is 3. The fraction of sp³-hybridized carbons (Fsp3) is 0.273. The fourth-order valence-electron chi connectivity index (χ4n) is 3.76. The van der Waals surface area contributed by atoms with Crippen LogP contribution in [0.25, 0.3) is 10.9 Å². The Balaban J connectivity index is 1.68. The third kappa shape index (κ3) is 4.00. The number of carbonyl (C=O) groups excluding carboxylic acids is 3. The molecule has 10 heteroatoms. The maximum Gasteiger partial charge on any atom is 0.262 e. The molecule has 3 heterocycles.